The molecular weight excluding hydrogens is 212 g/mol. The van der Waals surface area contributed by atoms with Gasteiger partial charge >= 0.3 is 6.03 Å². The van der Waals surface area contributed by atoms with E-state index in [1.54, 1.807) is 4.90 Å². The molecule has 0 saturated heterocycles. The van der Waals surface area contributed by atoms with Gasteiger partial charge in [-0.25, -0.2) is 4.79 Å². The number of carbonyl (C=O) groups excluding carboxylic acids is 1. The second-order valence-corrected chi connectivity index (χ2v) is 3.95. The van der Waals surface area contributed by atoms with E-state index < -0.39 is 0 Å². The summed E-state index contributed by atoms with van der Waals surface area (Å²) in [5, 5.41) is 2.96. The Morgan fingerprint density at radius 1 is 1.12 bits per heavy atom. The molecule has 0 radical (unpaired) electrons. The number of carbonyl (C=O) groups is 1. The number of benzene rings is 1. The lowest BCUT2D eigenvalue weighted by Gasteiger charge is -2.19. The first-order chi connectivity index (χ1) is 8.22. The lowest BCUT2D eigenvalue weighted by atomic mass is 10.1. The van der Waals surface area contributed by atoms with E-state index in [9.17, 15) is 4.79 Å². The number of nitrogens with one attached hydrogen (secondary N) is 1. The van der Waals surface area contributed by atoms with Crippen LogP contribution in [0.2, 0.25) is 0 Å². The van der Waals surface area contributed by atoms with Gasteiger partial charge in [0.25, 0.3) is 0 Å². The van der Waals surface area contributed by atoms with Gasteiger partial charge in [0.05, 0.1) is 0 Å². The monoisotopic (exact) mass is 234 g/mol. The minimum Gasteiger partial charge on any atom is -0.334 e. The fourth-order valence-corrected chi connectivity index (χ4v) is 1.87. The van der Waals surface area contributed by atoms with E-state index in [4.69, 9.17) is 0 Å². The molecule has 1 aromatic rings. The van der Waals surface area contributed by atoms with E-state index in [1.807, 2.05) is 26.0 Å². The maximum absolute atomic E-state index is 11.8. The molecule has 17 heavy (non-hydrogen) atoms. The Balaban J connectivity index is 2.58. The number of hydrogen-bond acceptors (Lipinski definition) is 1. The van der Waals surface area contributed by atoms with E-state index >= 15 is 0 Å². The van der Waals surface area contributed by atoms with E-state index in [0.29, 0.717) is 6.54 Å². The number of aryl methyl sites for hydroxylation is 1. The lowest BCUT2D eigenvalue weighted by molar-refractivity contribution is 0.203. The van der Waals surface area contributed by atoms with Gasteiger partial charge in [0.2, 0.25) is 0 Å². The lowest BCUT2D eigenvalue weighted by Crippen LogP contribution is -2.39. The Morgan fingerprint density at radius 3 is 2.24 bits per heavy atom. The van der Waals surface area contributed by atoms with Gasteiger partial charge in [-0.3, -0.25) is 0 Å². The number of nitrogens with zero attached hydrogens (tertiary/aromatic N) is 1. The molecule has 1 rings (SSSR count). The summed E-state index contributed by atoms with van der Waals surface area (Å²) < 4.78 is 0. The highest BCUT2D eigenvalue weighted by molar-refractivity contribution is 5.74. The fraction of sp³-hybridized carbons (Fsp3) is 0.500. The summed E-state index contributed by atoms with van der Waals surface area (Å²) in [7, 11) is 0. The van der Waals surface area contributed by atoms with Crippen LogP contribution in [-0.2, 0) is 13.0 Å². The topological polar surface area (TPSA) is 32.3 Å². The van der Waals surface area contributed by atoms with Crippen LogP contribution >= 0.6 is 0 Å². The molecule has 0 spiro atoms. The molecule has 0 atom stereocenters. The number of amides is 2. The third-order valence-electron chi connectivity index (χ3n) is 2.98. The van der Waals surface area contributed by atoms with Crippen LogP contribution < -0.4 is 5.32 Å². The Labute approximate surface area is 104 Å². The van der Waals surface area contributed by atoms with Crippen LogP contribution in [0.15, 0.2) is 24.3 Å². The van der Waals surface area contributed by atoms with Crippen LogP contribution in [0.5, 0.6) is 0 Å². The maximum atomic E-state index is 11.8. The molecule has 0 aliphatic carbocycles. The number of hydrogen-bond donors (Lipinski definition) is 1. The average Bonchev–Trinajstić information content (AvgIpc) is 2.38. The van der Waals surface area contributed by atoms with Crippen LogP contribution in [0.4, 0.5) is 4.79 Å². The Hall–Kier alpha value is -1.51. The molecule has 0 fully saturated rings. The zero-order valence-corrected chi connectivity index (χ0v) is 11.0. The first kappa shape index (κ1) is 13.6. The SMILES string of the molecule is CCc1ccccc1CNC(=O)N(CC)CC. The first-order valence-electron chi connectivity index (χ1n) is 6.32. The van der Waals surface area contributed by atoms with Gasteiger partial charge in [0.15, 0.2) is 0 Å². The van der Waals surface area contributed by atoms with Crippen molar-refractivity contribution in [1.82, 2.24) is 10.2 Å². The molecule has 0 saturated carbocycles. The normalized spacial score (nSPS) is 10.1. The van der Waals surface area contributed by atoms with E-state index in [1.165, 1.54) is 11.1 Å². The number of rotatable bonds is 5. The second-order valence-electron chi connectivity index (χ2n) is 3.95. The third kappa shape index (κ3) is 3.77. The molecule has 3 nitrogen and oxygen atoms in total. The average molecular weight is 234 g/mol. The van der Waals surface area contributed by atoms with E-state index in [0.717, 1.165) is 19.5 Å². The minimum absolute atomic E-state index is 0.0147. The zero-order chi connectivity index (χ0) is 12.7. The van der Waals surface area contributed by atoms with E-state index in [2.05, 4.69) is 24.4 Å². The van der Waals surface area contributed by atoms with Gasteiger partial charge in [-0.1, -0.05) is 31.2 Å². The molecule has 3 heteroatoms. The summed E-state index contributed by atoms with van der Waals surface area (Å²) in [6, 6.07) is 8.24. The van der Waals surface area contributed by atoms with Crippen LogP contribution in [-0.4, -0.2) is 24.0 Å². The van der Waals surface area contributed by atoms with Crippen molar-refractivity contribution in [3.63, 3.8) is 0 Å². The van der Waals surface area contributed by atoms with Crippen LogP contribution in [0.25, 0.3) is 0 Å². The molecule has 0 aromatic heterocycles. The summed E-state index contributed by atoms with van der Waals surface area (Å²) in [5.74, 6) is 0. The predicted molar refractivity (Wildman–Crippen MR) is 71.0 cm³/mol. The Bertz CT molecular complexity index is 359. The first-order valence-corrected chi connectivity index (χ1v) is 6.32. The molecule has 94 valence electrons. The molecule has 0 bridgehead atoms. The Morgan fingerprint density at radius 2 is 1.71 bits per heavy atom. The van der Waals surface area contributed by atoms with Crippen molar-refractivity contribution in [3.8, 4) is 0 Å². The van der Waals surface area contributed by atoms with Gasteiger partial charge in [0.1, 0.15) is 0 Å². The highest BCUT2D eigenvalue weighted by Gasteiger charge is 2.08. The summed E-state index contributed by atoms with van der Waals surface area (Å²) in [5.41, 5.74) is 2.50. The van der Waals surface area contributed by atoms with Crippen LogP contribution in [0, 0.1) is 0 Å². The van der Waals surface area contributed by atoms with Crippen molar-refractivity contribution < 1.29 is 4.79 Å². The highest BCUT2D eigenvalue weighted by atomic mass is 16.2. The summed E-state index contributed by atoms with van der Waals surface area (Å²) in [6.45, 7) is 8.21. The maximum Gasteiger partial charge on any atom is 0.317 e. The predicted octanol–water partition coefficient (Wildman–Crippen LogP) is 2.80. The van der Waals surface area contributed by atoms with Crippen LogP contribution in [0.3, 0.4) is 0 Å². The largest absolute Gasteiger partial charge is 0.334 e. The van der Waals surface area contributed by atoms with Crippen molar-refractivity contribution in [1.29, 1.82) is 0 Å². The van der Waals surface area contributed by atoms with Crippen LogP contribution in [0.1, 0.15) is 31.9 Å². The van der Waals surface area contributed by atoms with Gasteiger partial charge in [-0.05, 0) is 31.4 Å². The molecular formula is C14H22N2O. The fourth-order valence-electron chi connectivity index (χ4n) is 1.87. The molecule has 1 aromatic carbocycles. The third-order valence-corrected chi connectivity index (χ3v) is 2.98. The number of urea groups is 1. The smallest absolute Gasteiger partial charge is 0.317 e. The van der Waals surface area contributed by atoms with E-state index in [-0.39, 0.29) is 6.03 Å². The minimum atomic E-state index is 0.0147. The standard InChI is InChI=1S/C14H22N2O/c1-4-12-9-7-8-10-13(12)11-15-14(17)16(5-2)6-3/h7-10H,4-6,11H2,1-3H3,(H,15,17). The van der Waals surface area contributed by atoms with Crippen molar-refractivity contribution in [2.24, 2.45) is 0 Å². The summed E-state index contributed by atoms with van der Waals surface area (Å²) in [4.78, 5) is 13.6. The highest BCUT2D eigenvalue weighted by Crippen LogP contribution is 2.09. The van der Waals surface area contributed by atoms with Gasteiger partial charge < -0.3 is 10.2 Å². The molecule has 0 aliphatic rings. The van der Waals surface area contributed by atoms with Gasteiger partial charge in [-0.15, -0.1) is 0 Å². The van der Waals surface area contributed by atoms with Crippen molar-refractivity contribution in [3.05, 3.63) is 35.4 Å². The zero-order valence-electron chi connectivity index (χ0n) is 11.0. The van der Waals surface area contributed by atoms with Crippen molar-refractivity contribution in [2.45, 2.75) is 33.7 Å². The van der Waals surface area contributed by atoms with Gasteiger partial charge in [-0.2, -0.15) is 0 Å². The molecule has 1 N–H and O–H groups in total. The summed E-state index contributed by atoms with van der Waals surface area (Å²) >= 11 is 0. The van der Waals surface area contributed by atoms with Crippen molar-refractivity contribution >= 4 is 6.03 Å². The van der Waals surface area contributed by atoms with Crippen molar-refractivity contribution in [2.75, 3.05) is 13.1 Å². The quantitative estimate of drug-likeness (QED) is 0.834. The Kier molecular flexibility index (Phi) is 5.53. The molecule has 2 amide bonds. The molecule has 0 aliphatic heterocycles. The molecule has 0 unspecified atom stereocenters. The summed E-state index contributed by atoms with van der Waals surface area (Å²) in [6.07, 6.45) is 0.997. The van der Waals surface area contributed by atoms with Gasteiger partial charge in [0, 0.05) is 19.6 Å². The molecule has 0 heterocycles. The second kappa shape index (κ2) is 6.94.